The third kappa shape index (κ3) is 2.45. The molecule has 3 unspecified atom stereocenters. The number of hydrogen-bond donors (Lipinski definition) is 0. The summed E-state index contributed by atoms with van der Waals surface area (Å²) in [4.78, 5) is 11.9. The molecule has 25 heavy (non-hydrogen) atoms. The van der Waals surface area contributed by atoms with E-state index in [2.05, 4.69) is 45.6 Å². The van der Waals surface area contributed by atoms with Gasteiger partial charge in [-0.05, 0) is 90.6 Å². The van der Waals surface area contributed by atoms with Crippen LogP contribution in [-0.2, 0) is 4.79 Å². The molecule has 0 aromatic heterocycles. The van der Waals surface area contributed by atoms with E-state index in [0.29, 0.717) is 11.2 Å². The van der Waals surface area contributed by atoms with Crippen molar-refractivity contribution >= 4 is 5.78 Å². The van der Waals surface area contributed by atoms with E-state index in [1.807, 2.05) is 6.08 Å². The summed E-state index contributed by atoms with van der Waals surface area (Å²) in [6.07, 6.45) is 17.3. The van der Waals surface area contributed by atoms with Crippen molar-refractivity contribution in [2.24, 2.45) is 40.4 Å². The number of fused-ring (bicyclic) bond motifs is 5. The molecule has 1 heteroatoms. The summed E-state index contributed by atoms with van der Waals surface area (Å²) in [6.45, 7) is 11.5. The number of ketones is 1. The first-order valence-electron chi connectivity index (χ1n) is 10.4. The number of carbonyl (C=O) groups excluding carboxylic acids is 1. The fourth-order valence-electron chi connectivity index (χ4n) is 7.40. The summed E-state index contributed by atoms with van der Waals surface area (Å²) in [7, 11) is 0. The predicted molar refractivity (Wildman–Crippen MR) is 104 cm³/mol. The molecule has 0 bridgehead atoms. The lowest BCUT2D eigenvalue weighted by Gasteiger charge is -2.56. The van der Waals surface area contributed by atoms with Crippen LogP contribution in [0.1, 0.15) is 65.7 Å². The minimum Gasteiger partial charge on any atom is -0.295 e. The van der Waals surface area contributed by atoms with E-state index >= 15 is 0 Å². The number of carbonyl (C=O) groups is 1. The van der Waals surface area contributed by atoms with Gasteiger partial charge >= 0.3 is 0 Å². The second-order valence-corrected chi connectivity index (χ2v) is 9.86. The van der Waals surface area contributed by atoms with Crippen molar-refractivity contribution in [2.45, 2.75) is 65.7 Å². The highest BCUT2D eigenvalue weighted by Crippen LogP contribution is 2.66. The predicted octanol–water partition coefficient (Wildman–Crippen LogP) is 6.12. The van der Waals surface area contributed by atoms with Gasteiger partial charge in [0.05, 0.1) is 0 Å². The van der Waals surface area contributed by atoms with Gasteiger partial charge in [0.25, 0.3) is 0 Å². The minimum atomic E-state index is 0.236. The molecule has 0 saturated heterocycles. The van der Waals surface area contributed by atoms with E-state index in [9.17, 15) is 4.79 Å². The monoisotopic (exact) mass is 338 g/mol. The van der Waals surface area contributed by atoms with E-state index in [1.54, 1.807) is 0 Å². The van der Waals surface area contributed by atoms with Gasteiger partial charge in [0.1, 0.15) is 0 Å². The molecule has 7 atom stereocenters. The van der Waals surface area contributed by atoms with Crippen molar-refractivity contribution in [3.8, 4) is 0 Å². The molecule has 0 heterocycles. The zero-order valence-electron chi connectivity index (χ0n) is 16.3. The summed E-state index contributed by atoms with van der Waals surface area (Å²) >= 11 is 0. The van der Waals surface area contributed by atoms with Crippen LogP contribution in [0.3, 0.4) is 0 Å². The normalized spacial score (nSPS) is 46.7. The number of rotatable bonds is 3. The van der Waals surface area contributed by atoms with Gasteiger partial charge in [0.2, 0.25) is 0 Å². The molecule has 1 nitrogen and oxygen atoms in total. The van der Waals surface area contributed by atoms with Crippen molar-refractivity contribution in [3.05, 3.63) is 36.5 Å². The average molecular weight is 339 g/mol. The maximum Gasteiger partial charge on any atom is 0.156 e. The lowest BCUT2D eigenvalue weighted by molar-refractivity contribution is -0.116. The Kier molecular flexibility index (Phi) is 4.13. The molecule has 2 saturated carbocycles. The van der Waals surface area contributed by atoms with Crippen LogP contribution >= 0.6 is 0 Å². The molecule has 4 aliphatic carbocycles. The standard InChI is InChI=1S/C24H34O/c1-5-6-16(2)20-9-10-21-19-8-7-17-15-18(25)11-13-23(17,3)22(19)12-14-24(20,21)4/h5,7-8,15-16,19-22H,1,6,9-14H2,2-4H3/t16-,19?,20-,21?,22?,23+,24-/m1/s1. The Balaban J connectivity index is 1.66. The van der Waals surface area contributed by atoms with E-state index in [-0.39, 0.29) is 5.41 Å². The van der Waals surface area contributed by atoms with Crippen LogP contribution < -0.4 is 0 Å². The smallest absolute Gasteiger partial charge is 0.156 e. The lowest BCUT2D eigenvalue weighted by Crippen LogP contribution is -2.49. The van der Waals surface area contributed by atoms with E-state index in [0.717, 1.165) is 48.9 Å². The Bertz CT molecular complexity index is 640. The first-order valence-corrected chi connectivity index (χ1v) is 10.4. The third-order valence-electron chi connectivity index (χ3n) is 8.81. The lowest BCUT2D eigenvalue weighted by atomic mass is 9.48. The van der Waals surface area contributed by atoms with Gasteiger partial charge in [-0.1, -0.05) is 39.0 Å². The van der Waals surface area contributed by atoms with Crippen molar-refractivity contribution in [2.75, 3.05) is 0 Å². The Morgan fingerprint density at radius 3 is 2.80 bits per heavy atom. The summed E-state index contributed by atoms with van der Waals surface area (Å²) in [5, 5.41) is 0. The second kappa shape index (κ2) is 5.96. The summed E-state index contributed by atoms with van der Waals surface area (Å²) < 4.78 is 0. The second-order valence-electron chi connectivity index (χ2n) is 9.86. The van der Waals surface area contributed by atoms with Gasteiger partial charge in [0.15, 0.2) is 5.78 Å². The van der Waals surface area contributed by atoms with E-state index in [4.69, 9.17) is 0 Å². The van der Waals surface area contributed by atoms with E-state index in [1.165, 1.54) is 31.3 Å². The Morgan fingerprint density at radius 2 is 2.04 bits per heavy atom. The van der Waals surface area contributed by atoms with Gasteiger partial charge < -0.3 is 0 Å². The molecule has 0 spiro atoms. The summed E-state index contributed by atoms with van der Waals surface area (Å²) in [6, 6.07) is 0. The van der Waals surface area contributed by atoms with Crippen molar-refractivity contribution < 1.29 is 4.79 Å². The topological polar surface area (TPSA) is 17.1 Å². The van der Waals surface area contributed by atoms with Crippen LogP contribution in [0.5, 0.6) is 0 Å². The molecule has 0 radical (unpaired) electrons. The molecule has 136 valence electrons. The first kappa shape index (κ1) is 17.3. The third-order valence-corrected chi connectivity index (χ3v) is 8.81. The minimum absolute atomic E-state index is 0.236. The van der Waals surface area contributed by atoms with Crippen LogP contribution in [0, 0.1) is 40.4 Å². The van der Waals surface area contributed by atoms with E-state index < -0.39 is 0 Å². The average Bonchev–Trinajstić information content (AvgIpc) is 2.93. The fraction of sp³-hybridized carbons (Fsp3) is 0.708. The summed E-state index contributed by atoms with van der Waals surface area (Å²) in [5.74, 6) is 4.22. The molecule has 0 aromatic carbocycles. The molecule has 2 fully saturated rings. The van der Waals surface area contributed by atoms with Crippen LogP contribution in [0.25, 0.3) is 0 Å². The summed E-state index contributed by atoms with van der Waals surface area (Å²) in [5.41, 5.74) is 2.05. The van der Waals surface area contributed by atoms with Gasteiger partial charge in [-0.2, -0.15) is 0 Å². The van der Waals surface area contributed by atoms with Crippen LogP contribution in [-0.4, -0.2) is 5.78 Å². The molecular formula is C24H34O. The largest absolute Gasteiger partial charge is 0.295 e. The highest BCUT2D eigenvalue weighted by atomic mass is 16.1. The Morgan fingerprint density at radius 1 is 1.24 bits per heavy atom. The Labute approximate surface area is 153 Å². The van der Waals surface area contributed by atoms with Gasteiger partial charge in [-0.15, -0.1) is 6.58 Å². The van der Waals surface area contributed by atoms with Gasteiger partial charge in [-0.25, -0.2) is 0 Å². The van der Waals surface area contributed by atoms with Crippen LogP contribution in [0.4, 0.5) is 0 Å². The van der Waals surface area contributed by atoms with Gasteiger partial charge in [0, 0.05) is 6.42 Å². The zero-order valence-corrected chi connectivity index (χ0v) is 16.3. The van der Waals surface area contributed by atoms with Crippen molar-refractivity contribution in [1.29, 1.82) is 0 Å². The molecule has 0 aromatic rings. The van der Waals surface area contributed by atoms with Crippen molar-refractivity contribution in [3.63, 3.8) is 0 Å². The molecular weight excluding hydrogens is 304 g/mol. The fourth-order valence-corrected chi connectivity index (χ4v) is 7.40. The van der Waals surface area contributed by atoms with Crippen LogP contribution in [0.15, 0.2) is 36.5 Å². The number of hydrogen-bond acceptors (Lipinski definition) is 1. The first-order chi connectivity index (χ1) is 11.9. The highest BCUT2D eigenvalue weighted by Gasteiger charge is 2.58. The highest BCUT2D eigenvalue weighted by molar-refractivity contribution is 5.92. The molecule has 0 aliphatic heterocycles. The molecule has 0 amide bonds. The van der Waals surface area contributed by atoms with Crippen LogP contribution in [0.2, 0.25) is 0 Å². The van der Waals surface area contributed by atoms with Gasteiger partial charge in [-0.3, -0.25) is 4.79 Å². The SMILES string of the molecule is C=CC[C@@H](C)[C@H]1CCC2C3C=CC4=CC(=O)CC[C@]4(C)C3CC[C@@]21C. The molecule has 4 rings (SSSR count). The van der Waals surface area contributed by atoms with Crippen molar-refractivity contribution in [1.82, 2.24) is 0 Å². The zero-order chi connectivity index (χ0) is 17.8. The maximum absolute atomic E-state index is 11.9. The Hall–Kier alpha value is -1.11. The molecule has 0 N–H and O–H groups in total. The maximum atomic E-state index is 11.9. The number of allylic oxidation sites excluding steroid dienone is 5. The molecule has 4 aliphatic rings. The quantitative estimate of drug-likeness (QED) is 0.566.